The summed E-state index contributed by atoms with van der Waals surface area (Å²) in [5.41, 5.74) is 3.90. The molecule has 1 nitrogen and oxygen atoms in total. The summed E-state index contributed by atoms with van der Waals surface area (Å²) in [6.07, 6.45) is 4.02. The van der Waals surface area contributed by atoms with E-state index in [4.69, 9.17) is 11.6 Å². The van der Waals surface area contributed by atoms with Crippen molar-refractivity contribution in [3.05, 3.63) is 33.8 Å². The number of rotatable bonds is 5. The van der Waals surface area contributed by atoms with Crippen molar-refractivity contribution in [2.45, 2.75) is 46.1 Å². The quantitative estimate of drug-likeness (QED) is 0.818. The fourth-order valence-corrected chi connectivity index (χ4v) is 2.67. The summed E-state index contributed by atoms with van der Waals surface area (Å²) in [4.78, 5) is 0. The van der Waals surface area contributed by atoms with Gasteiger partial charge in [-0.2, -0.15) is 0 Å². The molecule has 1 fully saturated rings. The summed E-state index contributed by atoms with van der Waals surface area (Å²) in [6.45, 7) is 7.44. The molecule has 1 aliphatic carbocycles. The minimum Gasteiger partial charge on any atom is -0.310 e. The van der Waals surface area contributed by atoms with Crippen molar-refractivity contribution in [2.75, 3.05) is 6.54 Å². The van der Waals surface area contributed by atoms with Gasteiger partial charge in [-0.25, -0.2) is 0 Å². The molecule has 0 aromatic heterocycles. The summed E-state index contributed by atoms with van der Waals surface area (Å²) in [5, 5.41) is 4.49. The maximum absolute atomic E-state index is 6.40. The number of benzene rings is 1. The van der Waals surface area contributed by atoms with Crippen LogP contribution in [0.5, 0.6) is 0 Å². The number of aryl methyl sites for hydroxylation is 2. The zero-order chi connectivity index (χ0) is 12.4. The molecule has 0 bridgehead atoms. The second-order valence-electron chi connectivity index (χ2n) is 5.25. The molecule has 0 aliphatic heterocycles. The Balaban J connectivity index is 2.23. The van der Waals surface area contributed by atoms with E-state index in [1.165, 1.54) is 36.0 Å². The van der Waals surface area contributed by atoms with Gasteiger partial charge in [-0.3, -0.25) is 0 Å². The van der Waals surface area contributed by atoms with Crippen molar-refractivity contribution in [1.82, 2.24) is 5.32 Å². The van der Waals surface area contributed by atoms with E-state index < -0.39 is 0 Å². The van der Waals surface area contributed by atoms with Crippen LogP contribution in [0.15, 0.2) is 12.1 Å². The Morgan fingerprint density at radius 1 is 1.29 bits per heavy atom. The summed E-state index contributed by atoms with van der Waals surface area (Å²) >= 11 is 6.40. The van der Waals surface area contributed by atoms with Crippen LogP contribution in [0.4, 0.5) is 0 Å². The maximum atomic E-state index is 6.40. The minimum absolute atomic E-state index is 0.430. The molecule has 1 saturated carbocycles. The van der Waals surface area contributed by atoms with Gasteiger partial charge in [0, 0.05) is 11.1 Å². The fraction of sp³-hybridized carbons (Fsp3) is 0.600. The van der Waals surface area contributed by atoms with Gasteiger partial charge in [0.05, 0.1) is 0 Å². The molecule has 94 valence electrons. The smallest absolute Gasteiger partial charge is 0.0456 e. The highest BCUT2D eigenvalue weighted by atomic mass is 35.5. The molecule has 1 N–H and O–H groups in total. The van der Waals surface area contributed by atoms with Crippen LogP contribution < -0.4 is 5.32 Å². The number of nitrogens with one attached hydrogen (secondary N) is 1. The molecule has 0 amide bonds. The van der Waals surface area contributed by atoms with Crippen molar-refractivity contribution in [1.29, 1.82) is 0 Å². The Labute approximate surface area is 110 Å². The van der Waals surface area contributed by atoms with E-state index in [1.54, 1.807) is 0 Å². The molecule has 1 aliphatic rings. The van der Waals surface area contributed by atoms with Crippen LogP contribution in [-0.2, 0) is 0 Å². The molecular formula is C15H22ClN. The number of hydrogen-bond acceptors (Lipinski definition) is 1. The number of halogens is 1. The van der Waals surface area contributed by atoms with Crippen LogP contribution in [0.3, 0.4) is 0 Å². The molecular weight excluding hydrogens is 230 g/mol. The predicted molar refractivity (Wildman–Crippen MR) is 74.7 cm³/mol. The van der Waals surface area contributed by atoms with E-state index in [9.17, 15) is 0 Å². The van der Waals surface area contributed by atoms with Gasteiger partial charge in [0.1, 0.15) is 0 Å². The van der Waals surface area contributed by atoms with Crippen LogP contribution in [-0.4, -0.2) is 6.54 Å². The van der Waals surface area contributed by atoms with E-state index >= 15 is 0 Å². The van der Waals surface area contributed by atoms with Gasteiger partial charge in [0.25, 0.3) is 0 Å². The van der Waals surface area contributed by atoms with Crippen molar-refractivity contribution < 1.29 is 0 Å². The van der Waals surface area contributed by atoms with Crippen LogP contribution in [0, 0.1) is 19.8 Å². The first-order valence-electron chi connectivity index (χ1n) is 6.61. The summed E-state index contributed by atoms with van der Waals surface area (Å²) in [6, 6.07) is 4.79. The normalized spacial score (nSPS) is 17.2. The minimum atomic E-state index is 0.430. The molecule has 1 aromatic carbocycles. The van der Waals surface area contributed by atoms with Gasteiger partial charge >= 0.3 is 0 Å². The first kappa shape index (κ1) is 12.9. The third-order valence-corrected chi connectivity index (χ3v) is 4.03. The average molecular weight is 252 g/mol. The molecule has 0 heterocycles. The monoisotopic (exact) mass is 251 g/mol. The fourth-order valence-electron chi connectivity index (χ4n) is 2.32. The standard InChI is InChI=1S/C15H22ClN/c1-4-17-15(9-12-5-6-12)13-7-10(2)11(3)8-14(13)16/h7-8,12,15,17H,4-6,9H2,1-3H3. The molecule has 0 saturated heterocycles. The maximum Gasteiger partial charge on any atom is 0.0456 e. The highest BCUT2D eigenvalue weighted by Crippen LogP contribution is 2.39. The predicted octanol–water partition coefficient (Wildman–Crippen LogP) is 4.41. The second-order valence-corrected chi connectivity index (χ2v) is 5.65. The summed E-state index contributed by atoms with van der Waals surface area (Å²) < 4.78 is 0. The van der Waals surface area contributed by atoms with Gasteiger partial charge in [0.15, 0.2) is 0 Å². The van der Waals surface area contributed by atoms with Crippen LogP contribution in [0.25, 0.3) is 0 Å². The van der Waals surface area contributed by atoms with Gasteiger partial charge in [-0.05, 0) is 55.5 Å². The Hall–Kier alpha value is -0.530. The van der Waals surface area contributed by atoms with Crippen LogP contribution in [0.2, 0.25) is 5.02 Å². The van der Waals surface area contributed by atoms with E-state index in [-0.39, 0.29) is 0 Å². The lowest BCUT2D eigenvalue weighted by Crippen LogP contribution is -2.22. The Morgan fingerprint density at radius 3 is 2.53 bits per heavy atom. The summed E-state index contributed by atoms with van der Waals surface area (Å²) in [5.74, 6) is 0.914. The largest absolute Gasteiger partial charge is 0.310 e. The molecule has 0 spiro atoms. The highest BCUT2D eigenvalue weighted by molar-refractivity contribution is 6.31. The third-order valence-electron chi connectivity index (χ3n) is 3.70. The molecule has 0 radical (unpaired) electrons. The topological polar surface area (TPSA) is 12.0 Å². The Kier molecular flexibility index (Phi) is 4.11. The van der Waals surface area contributed by atoms with Crippen molar-refractivity contribution in [3.8, 4) is 0 Å². The lowest BCUT2D eigenvalue weighted by molar-refractivity contribution is 0.487. The second kappa shape index (κ2) is 5.41. The van der Waals surface area contributed by atoms with Gasteiger partial charge in [-0.15, -0.1) is 0 Å². The molecule has 1 aromatic rings. The Bertz CT molecular complexity index is 396. The lowest BCUT2D eigenvalue weighted by Gasteiger charge is -2.20. The van der Waals surface area contributed by atoms with E-state index in [0.29, 0.717) is 6.04 Å². The summed E-state index contributed by atoms with van der Waals surface area (Å²) in [7, 11) is 0. The van der Waals surface area contributed by atoms with E-state index in [0.717, 1.165) is 17.5 Å². The molecule has 17 heavy (non-hydrogen) atoms. The first-order valence-corrected chi connectivity index (χ1v) is 6.99. The highest BCUT2D eigenvalue weighted by Gasteiger charge is 2.27. The zero-order valence-electron chi connectivity index (χ0n) is 11.0. The van der Waals surface area contributed by atoms with Gasteiger partial charge < -0.3 is 5.32 Å². The van der Waals surface area contributed by atoms with Crippen molar-refractivity contribution in [3.63, 3.8) is 0 Å². The van der Waals surface area contributed by atoms with E-state index in [1.807, 2.05) is 0 Å². The SMILES string of the molecule is CCNC(CC1CC1)c1cc(C)c(C)cc1Cl. The number of hydrogen-bond donors (Lipinski definition) is 1. The van der Waals surface area contributed by atoms with E-state index in [2.05, 4.69) is 38.2 Å². The third kappa shape index (κ3) is 3.23. The van der Waals surface area contributed by atoms with Gasteiger partial charge in [0.2, 0.25) is 0 Å². The van der Waals surface area contributed by atoms with Crippen LogP contribution in [0.1, 0.15) is 48.9 Å². The first-order chi connectivity index (χ1) is 8.11. The van der Waals surface area contributed by atoms with Crippen molar-refractivity contribution in [2.24, 2.45) is 5.92 Å². The van der Waals surface area contributed by atoms with Crippen LogP contribution >= 0.6 is 11.6 Å². The molecule has 1 atom stereocenters. The molecule has 1 unspecified atom stereocenters. The lowest BCUT2D eigenvalue weighted by atomic mass is 9.97. The van der Waals surface area contributed by atoms with Gasteiger partial charge in [-0.1, -0.05) is 37.4 Å². The molecule has 2 heteroatoms. The Morgan fingerprint density at radius 2 is 1.94 bits per heavy atom. The van der Waals surface area contributed by atoms with Crippen molar-refractivity contribution >= 4 is 11.6 Å². The molecule has 2 rings (SSSR count). The zero-order valence-corrected chi connectivity index (χ0v) is 11.8. The average Bonchev–Trinajstić information content (AvgIpc) is 3.07.